The van der Waals surface area contributed by atoms with E-state index >= 15 is 0 Å². The molecule has 0 saturated carbocycles. The van der Waals surface area contributed by atoms with Crippen molar-refractivity contribution in [2.24, 2.45) is 0 Å². The van der Waals surface area contributed by atoms with Crippen molar-refractivity contribution in [3.8, 4) is 0 Å². The molecule has 0 bridgehead atoms. The van der Waals surface area contributed by atoms with Gasteiger partial charge in [-0.2, -0.15) is 0 Å². The van der Waals surface area contributed by atoms with Crippen molar-refractivity contribution in [2.75, 3.05) is 33.7 Å². The van der Waals surface area contributed by atoms with Gasteiger partial charge in [0.05, 0.1) is 0 Å². The first-order valence-corrected chi connectivity index (χ1v) is 6.59. The summed E-state index contributed by atoms with van der Waals surface area (Å²) in [7, 11) is 2.90. The zero-order valence-electron chi connectivity index (χ0n) is 13.1. The van der Waals surface area contributed by atoms with Crippen LogP contribution < -0.4 is 0 Å². The lowest BCUT2D eigenvalue weighted by molar-refractivity contribution is -0.147. The molecule has 7 heteroatoms. The molecule has 3 amide bonds. The fourth-order valence-corrected chi connectivity index (χ4v) is 1.59. The second-order valence-electron chi connectivity index (χ2n) is 5.13. The molecule has 0 heterocycles. The van der Waals surface area contributed by atoms with Crippen LogP contribution in [0.15, 0.2) is 0 Å². The summed E-state index contributed by atoms with van der Waals surface area (Å²) in [4.78, 5) is 39.2. The predicted molar refractivity (Wildman–Crippen MR) is 75.4 cm³/mol. The maximum atomic E-state index is 12.1. The summed E-state index contributed by atoms with van der Waals surface area (Å²) in [5, 5.41) is 9.10. The molecule has 7 nitrogen and oxygen atoms in total. The number of aliphatic carboxylic acids is 1. The SMILES string of the molecule is CCN(CC)C(=O)CN(C)C(=O)N(C)C(C)(C)C(=O)O. The maximum absolute atomic E-state index is 12.1. The van der Waals surface area contributed by atoms with Crippen LogP contribution in [-0.2, 0) is 9.59 Å². The normalized spacial score (nSPS) is 10.9. The van der Waals surface area contributed by atoms with Crippen LogP contribution in [0.2, 0.25) is 0 Å². The molecular formula is C13H25N3O4. The van der Waals surface area contributed by atoms with Gasteiger partial charge in [0.1, 0.15) is 12.1 Å². The predicted octanol–water partition coefficient (Wildman–Crippen LogP) is 0.702. The van der Waals surface area contributed by atoms with Crippen LogP contribution >= 0.6 is 0 Å². The van der Waals surface area contributed by atoms with Gasteiger partial charge >= 0.3 is 12.0 Å². The summed E-state index contributed by atoms with van der Waals surface area (Å²) in [6, 6.07) is -0.502. The largest absolute Gasteiger partial charge is 0.480 e. The van der Waals surface area contributed by atoms with Gasteiger partial charge in [-0.1, -0.05) is 0 Å². The minimum absolute atomic E-state index is 0.0689. The van der Waals surface area contributed by atoms with Crippen LogP contribution in [0.5, 0.6) is 0 Å². The van der Waals surface area contributed by atoms with Crippen LogP contribution in [0.4, 0.5) is 4.79 Å². The molecule has 0 aromatic heterocycles. The van der Waals surface area contributed by atoms with Crippen molar-refractivity contribution in [3.05, 3.63) is 0 Å². The van der Waals surface area contributed by atoms with E-state index in [0.29, 0.717) is 13.1 Å². The highest BCUT2D eigenvalue weighted by atomic mass is 16.4. The lowest BCUT2D eigenvalue weighted by Gasteiger charge is -2.34. The topological polar surface area (TPSA) is 81.2 Å². The van der Waals surface area contributed by atoms with Crippen molar-refractivity contribution in [1.29, 1.82) is 0 Å². The van der Waals surface area contributed by atoms with Crippen molar-refractivity contribution in [1.82, 2.24) is 14.7 Å². The Labute approximate surface area is 120 Å². The molecule has 0 aliphatic carbocycles. The number of amides is 3. The summed E-state index contributed by atoms with van der Waals surface area (Å²) in [6.07, 6.45) is 0. The number of carboxylic acid groups (broad SMARTS) is 1. The smallest absolute Gasteiger partial charge is 0.329 e. The van der Waals surface area contributed by atoms with Crippen LogP contribution in [0.25, 0.3) is 0 Å². The molecule has 0 radical (unpaired) electrons. The fourth-order valence-electron chi connectivity index (χ4n) is 1.59. The van der Waals surface area contributed by atoms with E-state index in [4.69, 9.17) is 5.11 Å². The van der Waals surface area contributed by atoms with E-state index in [9.17, 15) is 14.4 Å². The number of hydrogen-bond donors (Lipinski definition) is 1. The number of carbonyl (C=O) groups excluding carboxylic acids is 2. The molecule has 0 aromatic carbocycles. The molecule has 1 N–H and O–H groups in total. The van der Waals surface area contributed by atoms with Gasteiger partial charge in [-0.05, 0) is 27.7 Å². The highest BCUT2D eigenvalue weighted by Crippen LogP contribution is 2.14. The number of carbonyl (C=O) groups is 3. The van der Waals surface area contributed by atoms with E-state index in [1.165, 1.54) is 32.8 Å². The first kappa shape index (κ1) is 18.2. The molecule has 0 unspecified atom stereocenters. The summed E-state index contributed by atoms with van der Waals surface area (Å²) < 4.78 is 0. The number of likely N-dealkylation sites (N-methyl/N-ethyl adjacent to an activating group) is 3. The first-order valence-electron chi connectivity index (χ1n) is 6.59. The third kappa shape index (κ3) is 4.11. The number of nitrogens with zero attached hydrogens (tertiary/aromatic N) is 3. The Morgan fingerprint density at radius 1 is 1.05 bits per heavy atom. The highest BCUT2D eigenvalue weighted by Gasteiger charge is 2.36. The second-order valence-corrected chi connectivity index (χ2v) is 5.13. The maximum Gasteiger partial charge on any atom is 0.329 e. The Hall–Kier alpha value is -1.79. The number of rotatable bonds is 6. The molecule has 0 aliphatic heterocycles. The standard InChI is InChI=1S/C13H25N3O4/c1-7-16(8-2)10(17)9-14(5)12(20)15(6)13(3,4)11(18)19/h7-9H2,1-6H3,(H,18,19). The van der Waals surface area contributed by atoms with Crippen molar-refractivity contribution in [2.45, 2.75) is 33.2 Å². The van der Waals surface area contributed by atoms with Crippen LogP contribution in [0.1, 0.15) is 27.7 Å². The monoisotopic (exact) mass is 287 g/mol. The average Bonchev–Trinajstić information content (AvgIpc) is 2.37. The van der Waals surface area contributed by atoms with Crippen molar-refractivity contribution < 1.29 is 19.5 Å². The van der Waals surface area contributed by atoms with Gasteiger partial charge in [0.25, 0.3) is 0 Å². The minimum Gasteiger partial charge on any atom is -0.480 e. The summed E-state index contributed by atoms with van der Waals surface area (Å²) in [5.41, 5.74) is -1.33. The third-order valence-corrected chi connectivity index (χ3v) is 3.46. The molecule has 0 fully saturated rings. The Balaban J connectivity index is 4.79. The van der Waals surface area contributed by atoms with Crippen LogP contribution in [-0.4, -0.2) is 77.0 Å². The number of urea groups is 1. The number of hydrogen-bond acceptors (Lipinski definition) is 3. The Morgan fingerprint density at radius 2 is 1.50 bits per heavy atom. The van der Waals surface area contributed by atoms with E-state index in [2.05, 4.69) is 0 Å². The van der Waals surface area contributed by atoms with E-state index in [1.54, 1.807) is 4.90 Å². The van der Waals surface area contributed by atoms with E-state index in [0.717, 1.165) is 4.90 Å². The van der Waals surface area contributed by atoms with Gasteiger partial charge in [-0.3, -0.25) is 4.79 Å². The van der Waals surface area contributed by atoms with Crippen molar-refractivity contribution >= 4 is 17.9 Å². The van der Waals surface area contributed by atoms with Gasteiger partial charge in [0.2, 0.25) is 5.91 Å². The molecule has 0 rings (SSSR count). The van der Waals surface area contributed by atoms with Crippen LogP contribution in [0.3, 0.4) is 0 Å². The summed E-state index contributed by atoms with van der Waals surface area (Å²) in [5.74, 6) is -1.26. The highest BCUT2D eigenvalue weighted by molar-refractivity contribution is 5.88. The summed E-state index contributed by atoms with van der Waals surface area (Å²) in [6.45, 7) is 7.69. The molecule has 0 spiro atoms. The fraction of sp³-hybridized carbons (Fsp3) is 0.769. The first-order chi connectivity index (χ1) is 9.09. The van der Waals surface area contributed by atoms with E-state index in [-0.39, 0.29) is 12.5 Å². The van der Waals surface area contributed by atoms with Gasteiger partial charge in [0, 0.05) is 27.2 Å². The lowest BCUT2D eigenvalue weighted by Crippen LogP contribution is -2.55. The Bertz CT molecular complexity index is 378. The second kappa shape index (κ2) is 7.12. The molecule has 0 saturated heterocycles. The molecule has 116 valence electrons. The molecular weight excluding hydrogens is 262 g/mol. The summed E-state index contributed by atoms with van der Waals surface area (Å²) >= 11 is 0. The molecule has 0 atom stereocenters. The van der Waals surface area contributed by atoms with E-state index in [1.807, 2.05) is 13.8 Å². The molecule has 20 heavy (non-hydrogen) atoms. The van der Waals surface area contributed by atoms with E-state index < -0.39 is 17.5 Å². The quantitative estimate of drug-likeness (QED) is 0.780. The van der Waals surface area contributed by atoms with Gasteiger partial charge in [-0.25, -0.2) is 9.59 Å². The van der Waals surface area contributed by atoms with Crippen molar-refractivity contribution in [3.63, 3.8) is 0 Å². The van der Waals surface area contributed by atoms with Gasteiger partial charge < -0.3 is 19.8 Å². The zero-order chi connectivity index (χ0) is 16.1. The number of carboxylic acids is 1. The third-order valence-electron chi connectivity index (χ3n) is 3.46. The molecule has 0 aliphatic rings. The average molecular weight is 287 g/mol. The molecule has 0 aromatic rings. The van der Waals surface area contributed by atoms with Gasteiger partial charge in [-0.15, -0.1) is 0 Å². The van der Waals surface area contributed by atoms with Gasteiger partial charge in [0.15, 0.2) is 0 Å². The zero-order valence-corrected chi connectivity index (χ0v) is 13.1. The minimum atomic E-state index is -1.33. The Morgan fingerprint density at radius 3 is 1.85 bits per heavy atom. The Kier molecular flexibility index (Phi) is 6.48. The lowest BCUT2D eigenvalue weighted by atomic mass is 10.0. The van der Waals surface area contributed by atoms with Crippen LogP contribution in [0, 0.1) is 0 Å².